The van der Waals surface area contributed by atoms with Gasteiger partial charge >= 0.3 is 0 Å². The minimum absolute atomic E-state index is 0.0570. The molecule has 17 heavy (non-hydrogen) atoms. The molecular weight excluding hydrogens is 216 g/mol. The Labute approximate surface area is 103 Å². The molecule has 1 rings (SSSR count). The fourth-order valence-corrected chi connectivity index (χ4v) is 1.75. The van der Waals surface area contributed by atoms with Gasteiger partial charge in [-0.05, 0) is 40.2 Å². The zero-order valence-electron chi connectivity index (χ0n) is 11.3. The third kappa shape index (κ3) is 2.88. The third-order valence-corrected chi connectivity index (χ3v) is 3.37. The summed E-state index contributed by atoms with van der Waals surface area (Å²) in [4.78, 5) is 12.1. The Balaban J connectivity index is 2.83. The Morgan fingerprint density at radius 2 is 1.88 bits per heavy atom. The van der Waals surface area contributed by atoms with Crippen LogP contribution in [0.1, 0.15) is 41.3 Å². The predicted molar refractivity (Wildman–Crippen MR) is 68.1 cm³/mol. The molecule has 0 aliphatic carbocycles. The average Bonchev–Trinajstić information content (AvgIpc) is 2.51. The Kier molecular flexibility index (Phi) is 4.34. The van der Waals surface area contributed by atoms with E-state index in [1.165, 1.54) is 0 Å². The number of carbonyl (C=O) groups is 1. The Morgan fingerprint density at radius 1 is 1.29 bits per heavy atom. The molecule has 2 unspecified atom stereocenters. The van der Waals surface area contributed by atoms with Crippen LogP contribution in [0.2, 0.25) is 0 Å². The van der Waals surface area contributed by atoms with E-state index in [0.29, 0.717) is 17.9 Å². The lowest BCUT2D eigenvalue weighted by atomic mass is 10.0. The molecule has 0 aromatic carbocycles. The normalized spacial score (nSPS) is 14.5. The van der Waals surface area contributed by atoms with Crippen LogP contribution in [0.25, 0.3) is 0 Å². The number of nitrogens with one attached hydrogen (secondary N) is 1. The number of carbonyl (C=O) groups excluding carboxylic acids is 1. The van der Waals surface area contributed by atoms with Gasteiger partial charge in [-0.15, -0.1) is 0 Å². The van der Waals surface area contributed by atoms with Gasteiger partial charge in [-0.3, -0.25) is 4.79 Å². The molecule has 96 valence electrons. The molecule has 2 atom stereocenters. The van der Waals surface area contributed by atoms with E-state index in [9.17, 15) is 4.79 Å². The Bertz CT molecular complexity index is 410. The molecule has 0 radical (unpaired) electrons. The lowest BCUT2D eigenvalue weighted by Gasteiger charge is -2.19. The number of amides is 1. The largest absolute Gasteiger partial charge is 0.466 e. The topological polar surface area (TPSA) is 68.3 Å². The van der Waals surface area contributed by atoms with Gasteiger partial charge in [0.1, 0.15) is 11.5 Å². The van der Waals surface area contributed by atoms with E-state index in [2.05, 4.69) is 5.32 Å². The standard InChI is InChI=1S/C13H22N2O2/c1-7(6-14)9(3)15-13(16)12-8(2)10(4)17-11(12)5/h7,9H,6,14H2,1-5H3,(H,15,16). The lowest BCUT2D eigenvalue weighted by Crippen LogP contribution is -2.40. The van der Waals surface area contributed by atoms with Crippen LogP contribution in [-0.4, -0.2) is 18.5 Å². The Hall–Kier alpha value is -1.29. The number of aryl methyl sites for hydroxylation is 2. The maximum atomic E-state index is 12.1. The number of nitrogens with two attached hydrogens (primary N) is 1. The van der Waals surface area contributed by atoms with Gasteiger partial charge in [0.25, 0.3) is 5.91 Å². The molecule has 0 aliphatic heterocycles. The van der Waals surface area contributed by atoms with Crippen molar-refractivity contribution in [2.24, 2.45) is 11.7 Å². The summed E-state index contributed by atoms with van der Waals surface area (Å²) in [6.45, 7) is 10.1. The predicted octanol–water partition coefficient (Wildman–Crippen LogP) is 1.92. The van der Waals surface area contributed by atoms with Crippen LogP contribution in [0.3, 0.4) is 0 Å². The molecule has 4 nitrogen and oxygen atoms in total. The molecule has 1 aromatic rings. The molecule has 3 N–H and O–H groups in total. The second-order valence-electron chi connectivity index (χ2n) is 4.69. The van der Waals surface area contributed by atoms with Gasteiger partial charge in [-0.2, -0.15) is 0 Å². The number of rotatable bonds is 4. The van der Waals surface area contributed by atoms with Gasteiger partial charge in [-0.1, -0.05) is 6.92 Å². The van der Waals surface area contributed by atoms with Crippen LogP contribution in [0.15, 0.2) is 4.42 Å². The van der Waals surface area contributed by atoms with Crippen molar-refractivity contribution in [2.75, 3.05) is 6.54 Å². The van der Waals surface area contributed by atoms with Crippen molar-refractivity contribution in [1.29, 1.82) is 0 Å². The summed E-state index contributed by atoms with van der Waals surface area (Å²) in [7, 11) is 0. The highest BCUT2D eigenvalue weighted by Crippen LogP contribution is 2.20. The molecule has 0 bridgehead atoms. The van der Waals surface area contributed by atoms with Crippen LogP contribution in [0, 0.1) is 26.7 Å². The van der Waals surface area contributed by atoms with Gasteiger partial charge in [0.2, 0.25) is 0 Å². The summed E-state index contributed by atoms with van der Waals surface area (Å²) < 4.78 is 5.45. The Morgan fingerprint density at radius 3 is 2.29 bits per heavy atom. The minimum Gasteiger partial charge on any atom is -0.466 e. The van der Waals surface area contributed by atoms with Crippen molar-refractivity contribution in [3.05, 3.63) is 22.6 Å². The van der Waals surface area contributed by atoms with E-state index in [1.807, 2.05) is 34.6 Å². The molecule has 0 saturated heterocycles. The molecule has 0 fully saturated rings. The van der Waals surface area contributed by atoms with E-state index in [1.54, 1.807) is 0 Å². The first-order valence-electron chi connectivity index (χ1n) is 5.96. The third-order valence-electron chi connectivity index (χ3n) is 3.37. The highest BCUT2D eigenvalue weighted by Gasteiger charge is 2.21. The van der Waals surface area contributed by atoms with Gasteiger partial charge in [0.15, 0.2) is 0 Å². The van der Waals surface area contributed by atoms with Crippen LogP contribution >= 0.6 is 0 Å². The molecular formula is C13H22N2O2. The summed E-state index contributed by atoms with van der Waals surface area (Å²) in [5, 5.41) is 2.96. The summed E-state index contributed by atoms with van der Waals surface area (Å²) in [6.07, 6.45) is 0. The van der Waals surface area contributed by atoms with Crippen molar-refractivity contribution >= 4 is 5.91 Å². The second-order valence-corrected chi connectivity index (χ2v) is 4.69. The summed E-state index contributed by atoms with van der Waals surface area (Å²) in [5.41, 5.74) is 7.14. The number of hydrogen-bond acceptors (Lipinski definition) is 3. The van der Waals surface area contributed by atoms with Crippen LogP contribution < -0.4 is 11.1 Å². The highest BCUT2D eigenvalue weighted by atomic mass is 16.3. The maximum Gasteiger partial charge on any atom is 0.255 e. The second kappa shape index (κ2) is 5.36. The first-order chi connectivity index (χ1) is 7.88. The molecule has 1 aromatic heterocycles. The van der Waals surface area contributed by atoms with Crippen molar-refractivity contribution in [2.45, 2.75) is 40.7 Å². The quantitative estimate of drug-likeness (QED) is 0.842. The summed E-state index contributed by atoms with van der Waals surface area (Å²) in [5.74, 6) is 1.65. The summed E-state index contributed by atoms with van der Waals surface area (Å²) in [6, 6.07) is 0.0570. The first-order valence-corrected chi connectivity index (χ1v) is 5.96. The monoisotopic (exact) mass is 238 g/mol. The smallest absolute Gasteiger partial charge is 0.255 e. The highest BCUT2D eigenvalue weighted by molar-refractivity contribution is 5.97. The van der Waals surface area contributed by atoms with E-state index in [4.69, 9.17) is 10.2 Å². The number of hydrogen-bond donors (Lipinski definition) is 2. The van der Waals surface area contributed by atoms with E-state index in [-0.39, 0.29) is 17.9 Å². The van der Waals surface area contributed by atoms with E-state index in [0.717, 1.165) is 11.3 Å². The van der Waals surface area contributed by atoms with Crippen molar-refractivity contribution in [3.63, 3.8) is 0 Å². The molecule has 0 aliphatic rings. The first kappa shape index (κ1) is 13.8. The van der Waals surface area contributed by atoms with Gasteiger partial charge < -0.3 is 15.5 Å². The zero-order valence-corrected chi connectivity index (χ0v) is 11.3. The van der Waals surface area contributed by atoms with Gasteiger partial charge in [0.05, 0.1) is 5.56 Å². The van der Waals surface area contributed by atoms with Crippen LogP contribution in [-0.2, 0) is 0 Å². The van der Waals surface area contributed by atoms with Crippen LogP contribution in [0.5, 0.6) is 0 Å². The fourth-order valence-electron chi connectivity index (χ4n) is 1.75. The molecule has 1 heterocycles. The molecule has 0 saturated carbocycles. The lowest BCUT2D eigenvalue weighted by molar-refractivity contribution is 0.0927. The average molecular weight is 238 g/mol. The molecule has 1 amide bonds. The summed E-state index contributed by atoms with van der Waals surface area (Å²) >= 11 is 0. The van der Waals surface area contributed by atoms with Crippen molar-refractivity contribution in [1.82, 2.24) is 5.32 Å². The minimum atomic E-state index is -0.0790. The van der Waals surface area contributed by atoms with Gasteiger partial charge in [-0.25, -0.2) is 0 Å². The number of furan rings is 1. The zero-order chi connectivity index (χ0) is 13.2. The molecule has 4 heteroatoms. The maximum absolute atomic E-state index is 12.1. The van der Waals surface area contributed by atoms with Crippen molar-refractivity contribution < 1.29 is 9.21 Å². The van der Waals surface area contributed by atoms with Crippen LogP contribution in [0.4, 0.5) is 0 Å². The van der Waals surface area contributed by atoms with E-state index < -0.39 is 0 Å². The van der Waals surface area contributed by atoms with E-state index >= 15 is 0 Å². The SMILES string of the molecule is Cc1oc(C)c(C(=O)NC(C)C(C)CN)c1C. The van der Waals surface area contributed by atoms with Gasteiger partial charge in [0, 0.05) is 11.6 Å². The fraction of sp³-hybridized carbons (Fsp3) is 0.615. The molecule has 0 spiro atoms. The van der Waals surface area contributed by atoms with Crippen molar-refractivity contribution in [3.8, 4) is 0 Å².